The third-order valence-corrected chi connectivity index (χ3v) is 4.40. The number of ether oxygens (including phenoxy) is 2. The molecular formula is C15H30N2O2. The lowest BCUT2D eigenvalue weighted by Gasteiger charge is -2.43. The summed E-state index contributed by atoms with van der Waals surface area (Å²) >= 11 is 0. The van der Waals surface area contributed by atoms with Crippen molar-refractivity contribution in [3.05, 3.63) is 0 Å². The van der Waals surface area contributed by atoms with E-state index in [1.165, 1.54) is 32.4 Å². The second-order valence-electron chi connectivity index (χ2n) is 5.95. The maximum absolute atomic E-state index is 5.73. The molecule has 0 spiro atoms. The first-order valence-corrected chi connectivity index (χ1v) is 7.89. The SMILES string of the molecule is CCCNC1CCOCC1N1CCCC(COC)C1. The summed E-state index contributed by atoms with van der Waals surface area (Å²) in [5.74, 6) is 0.701. The van der Waals surface area contributed by atoms with Crippen molar-refractivity contribution in [2.45, 2.75) is 44.7 Å². The Bertz CT molecular complexity index is 248. The highest BCUT2D eigenvalue weighted by Crippen LogP contribution is 2.23. The van der Waals surface area contributed by atoms with Gasteiger partial charge in [-0.15, -0.1) is 0 Å². The second kappa shape index (κ2) is 8.20. The van der Waals surface area contributed by atoms with Gasteiger partial charge in [0.1, 0.15) is 0 Å². The standard InChI is InChI=1S/C15H30N2O2/c1-3-7-16-14-6-9-19-12-15(14)17-8-4-5-13(10-17)11-18-2/h13-16H,3-12H2,1-2H3. The van der Waals surface area contributed by atoms with Crippen LogP contribution in [0.4, 0.5) is 0 Å². The van der Waals surface area contributed by atoms with Crippen LogP contribution in [0, 0.1) is 5.92 Å². The fraction of sp³-hybridized carbons (Fsp3) is 1.00. The molecule has 2 fully saturated rings. The van der Waals surface area contributed by atoms with Gasteiger partial charge in [-0.3, -0.25) is 4.90 Å². The number of hydrogen-bond donors (Lipinski definition) is 1. The Morgan fingerprint density at radius 2 is 2.26 bits per heavy atom. The number of hydrogen-bond acceptors (Lipinski definition) is 4. The summed E-state index contributed by atoms with van der Waals surface area (Å²) in [6, 6.07) is 1.16. The Balaban J connectivity index is 1.88. The molecule has 19 heavy (non-hydrogen) atoms. The number of piperidine rings is 1. The molecule has 0 amide bonds. The fourth-order valence-electron chi connectivity index (χ4n) is 3.42. The van der Waals surface area contributed by atoms with Crippen molar-refractivity contribution >= 4 is 0 Å². The van der Waals surface area contributed by atoms with E-state index in [-0.39, 0.29) is 0 Å². The highest BCUT2D eigenvalue weighted by Gasteiger charge is 2.33. The molecular weight excluding hydrogens is 240 g/mol. The van der Waals surface area contributed by atoms with Crippen LogP contribution in [0.2, 0.25) is 0 Å². The zero-order valence-electron chi connectivity index (χ0n) is 12.6. The zero-order chi connectivity index (χ0) is 13.5. The van der Waals surface area contributed by atoms with Crippen LogP contribution < -0.4 is 5.32 Å². The van der Waals surface area contributed by atoms with E-state index < -0.39 is 0 Å². The van der Waals surface area contributed by atoms with Crippen molar-refractivity contribution in [1.29, 1.82) is 0 Å². The molecule has 4 heteroatoms. The first kappa shape index (κ1) is 15.2. The number of likely N-dealkylation sites (tertiary alicyclic amines) is 1. The van der Waals surface area contributed by atoms with Gasteiger partial charge in [0.25, 0.3) is 0 Å². The molecule has 4 nitrogen and oxygen atoms in total. The molecule has 0 aromatic rings. The summed E-state index contributed by atoms with van der Waals surface area (Å²) < 4.78 is 11.1. The highest BCUT2D eigenvalue weighted by atomic mass is 16.5. The molecule has 2 rings (SSSR count). The highest BCUT2D eigenvalue weighted by molar-refractivity contribution is 4.89. The third kappa shape index (κ3) is 4.42. The van der Waals surface area contributed by atoms with Crippen molar-refractivity contribution in [3.8, 4) is 0 Å². The summed E-state index contributed by atoms with van der Waals surface area (Å²) in [6.45, 7) is 8.45. The van der Waals surface area contributed by atoms with Gasteiger partial charge in [0.05, 0.1) is 13.2 Å². The molecule has 112 valence electrons. The number of rotatable bonds is 6. The van der Waals surface area contributed by atoms with Crippen LogP contribution in [0.3, 0.4) is 0 Å². The van der Waals surface area contributed by atoms with E-state index in [9.17, 15) is 0 Å². The first-order valence-electron chi connectivity index (χ1n) is 7.89. The van der Waals surface area contributed by atoms with E-state index in [1.54, 1.807) is 0 Å². The summed E-state index contributed by atoms with van der Waals surface area (Å²) in [6.07, 6.45) is 4.96. The van der Waals surface area contributed by atoms with Crippen LogP contribution in [0.5, 0.6) is 0 Å². The van der Waals surface area contributed by atoms with E-state index in [4.69, 9.17) is 9.47 Å². The molecule has 0 aliphatic carbocycles. The number of nitrogens with one attached hydrogen (secondary N) is 1. The number of nitrogens with zero attached hydrogens (tertiary/aromatic N) is 1. The Hall–Kier alpha value is -0.160. The summed E-state index contributed by atoms with van der Waals surface area (Å²) in [5.41, 5.74) is 0. The van der Waals surface area contributed by atoms with E-state index in [2.05, 4.69) is 17.1 Å². The molecule has 0 aromatic carbocycles. The average Bonchev–Trinajstić information content (AvgIpc) is 2.46. The van der Waals surface area contributed by atoms with Crippen LogP contribution in [-0.2, 0) is 9.47 Å². The Labute approximate surface area is 117 Å². The summed E-state index contributed by atoms with van der Waals surface area (Å²) in [5, 5.41) is 3.71. The molecule has 2 heterocycles. The van der Waals surface area contributed by atoms with Crippen LogP contribution >= 0.6 is 0 Å². The topological polar surface area (TPSA) is 33.7 Å². The average molecular weight is 270 g/mol. The van der Waals surface area contributed by atoms with Gasteiger partial charge < -0.3 is 14.8 Å². The third-order valence-electron chi connectivity index (χ3n) is 4.40. The van der Waals surface area contributed by atoms with Crippen LogP contribution in [-0.4, -0.2) is 63.5 Å². The minimum Gasteiger partial charge on any atom is -0.384 e. The summed E-state index contributed by atoms with van der Waals surface area (Å²) in [4.78, 5) is 2.64. The zero-order valence-corrected chi connectivity index (χ0v) is 12.6. The van der Waals surface area contributed by atoms with E-state index in [1.807, 2.05) is 7.11 Å². The van der Waals surface area contributed by atoms with Crippen molar-refractivity contribution in [3.63, 3.8) is 0 Å². The molecule has 2 aliphatic heterocycles. The molecule has 0 radical (unpaired) electrons. The fourth-order valence-corrected chi connectivity index (χ4v) is 3.42. The Morgan fingerprint density at radius 1 is 1.37 bits per heavy atom. The predicted molar refractivity (Wildman–Crippen MR) is 77.5 cm³/mol. The Morgan fingerprint density at radius 3 is 3.05 bits per heavy atom. The lowest BCUT2D eigenvalue weighted by molar-refractivity contribution is -0.0246. The van der Waals surface area contributed by atoms with Crippen LogP contribution in [0.15, 0.2) is 0 Å². The van der Waals surface area contributed by atoms with Gasteiger partial charge in [0.15, 0.2) is 0 Å². The molecule has 0 saturated carbocycles. The molecule has 3 unspecified atom stereocenters. The minimum atomic E-state index is 0.556. The van der Waals surface area contributed by atoms with Crippen LogP contribution in [0.1, 0.15) is 32.6 Å². The van der Waals surface area contributed by atoms with E-state index in [0.717, 1.165) is 32.8 Å². The van der Waals surface area contributed by atoms with Gasteiger partial charge in [0.2, 0.25) is 0 Å². The molecule has 0 bridgehead atoms. The number of methoxy groups -OCH3 is 1. The van der Waals surface area contributed by atoms with Crippen molar-refractivity contribution < 1.29 is 9.47 Å². The molecule has 0 aromatic heterocycles. The quantitative estimate of drug-likeness (QED) is 0.793. The normalized spacial score (nSPS) is 33.5. The molecule has 3 atom stereocenters. The smallest absolute Gasteiger partial charge is 0.0637 e. The van der Waals surface area contributed by atoms with Crippen LogP contribution in [0.25, 0.3) is 0 Å². The van der Waals surface area contributed by atoms with Gasteiger partial charge in [-0.25, -0.2) is 0 Å². The van der Waals surface area contributed by atoms with Crippen molar-refractivity contribution in [2.75, 3.05) is 46.6 Å². The van der Waals surface area contributed by atoms with E-state index >= 15 is 0 Å². The monoisotopic (exact) mass is 270 g/mol. The maximum Gasteiger partial charge on any atom is 0.0637 e. The molecule has 2 aliphatic rings. The van der Waals surface area contributed by atoms with Crippen molar-refractivity contribution in [1.82, 2.24) is 10.2 Å². The molecule has 1 N–H and O–H groups in total. The van der Waals surface area contributed by atoms with Gasteiger partial charge in [-0.1, -0.05) is 6.92 Å². The van der Waals surface area contributed by atoms with Gasteiger partial charge >= 0.3 is 0 Å². The maximum atomic E-state index is 5.73. The van der Waals surface area contributed by atoms with Gasteiger partial charge in [-0.05, 0) is 44.7 Å². The Kier molecular flexibility index (Phi) is 6.57. The predicted octanol–water partition coefficient (Wildman–Crippen LogP) is 1.50. The lowest BCUT2D eigenvalue weighted by atomic mass is 9.94. The van der Waals surface area contributed by atoms with Gasteiger partial charge in [-0.2, -0.15) is 0 Å². The lowest BCUT2D eigenvalue weighted by Crippen LogP contribution is -2.57. The minimum absolute atomic E-state index is 0.556. The van der Waals surface area contributed by atoms with Crippen molar-refractivity contribution in [2.24, 2.45) is 5.92 Å². The first-order chi connectivity index (χ1) is 9.35. The molecule has 2 saturated heterocycles. The summed E-state index contributed by atoms with van der Waals surface area (Å²) in [7, 11) is 1.81. The van der Waals surface area contributed by atoms with E-state index in [0.29, 0.717) is 18.0 Å². The largest absolute Gasteiger partial charge is 0.384 e. The van der Waals surface area contributed by atoms with Gasteiger partial charge in [0, 0.05) is 32.3 Å². The second-order valence-corrected chi connectivity index (χ2v) is 5.95.